The summed E-state index contributed by atoms with van der Waals surface area (Å²) >= 11 is 7.82. The normalized spacial score (nSPS) is 20.4. The first-order valence-corrected chi connectivity index (χ1v) is 24.1. The van der Waals surface area contributed by atoms with Gasteiger partial charge in [-0.05, 0) is 104 Å². The third-order valence-electron chi connectivity index (χ3n) is 12.4. The molecule has 3 aliphatic heterocycles. The van der Waals surface area contributed by atoms with Crippen molar-refractivity contribution in [3.63, 3.8) is 0 Å². The number of halogens is 1. The first-order valence-electron chi connectivity index (χ1n) is 21.2. The Balaban J connectivity index is 0.875. The number of carbonyl (C=O) groups excluding carboxylic acids is 1. The molecule has 0 saturated carbocycles. The van der Waals surface area contributed by atoms with Crippen LogP contribution in [-0.4, -0.2) is 106 Å². The summed E-state index contributed by atoms with van der Waals surface area (Å²) in [4.78, 5) is 33.0. The summed E-state index contributed by atoms with van der Waals surface area (Å²) in [6.07, 6.45) is 5.37. The third-order valence-corrected chi connectivity index (χ3v) is 15.2. The maximum atomic E-state index is 13.5. The van der Waals surface area contributed by atoms with E-state index in [9.17, 15) is 23.3 Å². The van der Waals surface area contributed by atoms with Crippen LogP contribution in [0.4, 0.5) is 17.1 Å². The van der Waals surface area contributed by atoms with Crippen molar-refractivity contribution >= 4 is 61.9 Å². The van der Waals surface area contributed by atoms with E-state index in [1.54, 1.807) is 23.9 Å². The number of sulfonamides is 1. The number of allylic oxidation sites excluding steroid dienone is 1. The summed E-state index contributed by atoms with van der Waals surface area (Å²) in [5.74, 6) is 0.951. The highest BCUT2D eigenvalue weighted by Crippen LogP contribution is 2.35. The molecule has 8 rings (SSSR count). The summed E-state index contributed by atoms with van der Waals surface area (Å²) in [5.41, 5.74) is 5.21. The van der Waals surface area contributed by atoms with Gasteiger partial charge in [0.05, 0.1) is 23.0 Å². The lowest BCUT2D eigenvalue weighted by atomic mass is 9.87. The number of likely N-dealkylation sites (tertiary alicyclic amines) is 1. The third kappa shape index (κ3) is 11.0. The number of hydrogen-bond donors (Lipinski definition) is 2. The van der Waals surface area contributed by atoms with Crippen LogP contribution in [0.1, 0.15) is 48.0 Å². The molecule has 0 aromatic heterocycles. The summed E-state index contributed by atoms with van der Waals surface area (Å²) < 4.78 is 34.8. The standard InChI is InChI=1S/C46H53ClN6O6S2/c47-38-14-10-33(11-15-38)43-9-5-4-6-35(43)27-50-22-24-52(25-23-50)40-16-12-34(13-17-40)46(54)49-61(57,58)42-18-19-44(45(26-42)53(55)56)48-39(32-60-41-7-2-1-3-8-41)20-21-51-28-36-30-59-31-37(36)29-51/h1-3,7-8,10-19,26,36-37,39,48H,4-6,9,20-25,27-32H2,(H,49,54)/t36-,37+,39-/m1/s1. The van der Waals surface area contributed by atoms with E-state index in [1.807, 2.05) is 54.6 Å². The number of carbonyl (C=O) groups is 1. The largest absolute Gasteiger partial charge is 0.381 e. The number of nitrogens with zero attached hydrogens (tertiary/aromatic N) is 4. The monoisotopic (exact) mass is 884 g/mol. The van der Waals surface area contributed by atoms with Crippen LogP contribution >= 0.6 is 23.4 Å². The molecule has 2 N–H and O–H groups in total. The second-order valence-corrected chi connectivity index (χ2v) is 19.8. The first kappa shape index (κ1) is 43.2. The molecule has 1 aliphatic carbocycles. The zero-order valence-corrected chi connectivity index (χ0v) is 36.6. The van der Waals surface area contributed by atoms with Crippen molar-refractivity contribution in [2.45, 2.75) is 47.9 Å². The summed E-state index contributed by atoms with van der Waals surface area (Å²) in [7, 11) is -4.44. The van der Waals surface area contributed by atoms with Crippen molar-refractivity contribution in [1.29, 1.82) is 0 Å². The molecule has 3 heterocycles. The highest BCUT2D eigenvalue weighted by atomic mass is 35.5. The average molecular weight is 886 g/mol. The lowest BCUT2D eigenvalue weighted by Gasteiger charge is -2.37. The van der Waals surface area contributed by atoms with Crippen LogP contribution in [0.25, 0.3) is 5.57 Å². The molecule has 0 radical (unpaired) electrons. The van der Waals surface area contributed by atoms with Crippen molar-refractivity contribution in [3.8, 4) is 0 Å². The molecule has 4 aromatic rings. The minimum atomic E-state index is -4.44. The zero-order chi connectivity index (χ0) is 42.3. The number of hydrogen-bond acceptors (Lipinski definition) is 11. The lowest BCUT2D eigenvalue weighted by molar-refractivity contribution is -0.384. The van der Waals surface area contributed by atoms with Crippen molar-refractivity contribution in [2.75, 3.05) is 81.5 Å². The van der Waals surface area contributed by atoms with Gasteiger partial charge in [-0.3, -0.25) is 19.8 Å². The maximum Gasteiger partial charge on any atom is 0.293 e. The number of amides is 1. The maximum absolute atomic E-state index is 13.5. The predicted octanol–water partition coefficient (Wildman–Crippen LogP) is 8.06. The van der Waals surface area contributed by atoms with Crippen molar-refractivity contribution in [2.24, 2.45) is 11.8 Å². The Kier molecular flexibility index (Phi) is 14.0. The molecular weight excluding hydrogens is 832 g/mol. The Bertz CT molecular complexity index is 2300. The van der Waals surface area contributed by atoms with Gasteiger partial charge in [0, 0.05) is 103 Å². The van der Waals surface area contributed by atoms with E-state index in [4.69, 9.17) is 16.3 Å². The molecule has 61 heavy (non-hydrogen) atoms. The molecule has 0 unspecified atom stereocenters. The molecule has 4 aliphatic rings. The quantitative estimate of drug-likeness (QED) is 0.0643. The Morgan fingerprint density at radius 1 is 0.885 bits per heavy atom. The molecule has 322 valence electrons. The Morgan fingerprint density at radius 2 is 1.59 bits per heavy atom. The topological polar surface area (TPSA) is 137 Å². The number of nitrogens with one attached hydrogen (secondary N) is 2. The van der Waals surface area contributed by atoms with E-state index in [2.05, 4.69) is 36.9 Å². The average Bonchev–Trinajstić information content (AvgIpc) is 3.88. The Hall–Kier alpha value is -4.44. The summed E-state index contributed by atoms with van der Waals surface area (Å²) in [6, 6.07) is 28.7. The number of fused-ring (bicyclic) bond motifs is 1. The van der Waals surface area contributed by atoms with Gasteiger partial charge >= 0.3 is 0 Å². The lowest BCUT2D eigenvalue weighted by Crippen LogP contribution is -2.47. The van der Waals surface area contributed by atoms with Gasteiger partial charge in [0.2, 0.25) is 0 Å². The molecule has 3 atom stereocenters. The first-order chi connectivity index (χ1) is 29.6. The van der Waals surface area contributed by atoms with Crippen LogP contribution in [0.5, 0.6) is 0 Å². The van der Waals surface area contributed by atoms with Crippen molar-refractivity contribution in [3.05, 3.63) is 129 Å². The number of rotatable bonds is 16. The molecular formula is C46H53ClN6O6S2. The molecule has 0 spiro atoms. The molecule has 3 saturated heterocycles. The van der Waals surface area contributed by atoms with E-state index in [1.165, 1.54) is 41.7 Å². The fraction of sp³-hybridized carbons (Fsp3) is 0.413. The van der Waals surface area contributed by atoms with Crippen molar-refractivity contribution in [1.82, 2.24) is 14.5 Å². The number of nitro groups is 1. The van der Waals surface area contributed by atoms with E-state index < -0.39 is 20.9 Å². The number of ether oxygens (including phenoxy) is 1. The van der Waals surface area contributed by atoms with Crippen LogP contribution in [0.15, 0.2) is 112 Å². The number of thioether (sulfide) groups is 1. The molecule has 4 aromatic carbocycles. The van der Waals surface area contributed by atoms with Gasteiger partial charge in [0.15, 0.2) is 0 Å². The predicted molar refractivity (Wildman–Crippen MR) is 243 cm³/mol. The van der Waals surface area contributed by atoms with Gasteiger partial charge in [-0.25, -0.2) is 13.1 Å². The molecule has 15 heteroatoms. The summed E-state index contributed by atoms with van der Waals surface area (Å²) in [6.45, 7) is 8.80. The minimum absolute atomic E-state index is 0.136. The van der Waals surface area contributed by atoms with E-state index >= 15 is 0 Å². The highest BCUT2D eigenvalue weighted by molar-refractivity contribution is 7.99. The van der Waals surface area contributed by atoms with Crippen molar-refractivity contribution < 1.29 is 22.9 Å². The van der Waals surface area contributed by atoms with Crippen LogP contribution < -0.4 is 14.9 Å². The van der Waals surface area contributed by atoms with E-state index in [-0.39, 0.29) is 27.9 Å². The SMILES string of the molecule is O=C(NS(=O)(=O)c1ccc(N[C@H](CCN2C[C@H]3COC[C@H]3C2)CSc2ccccc2)c([N+](=O)[O-])c1)c1ccc(N2CCN(CC3=C(c4ccc(Cl)cc4)CCCC3)CC2)cc1. The van der Waals surface area contributed by atoms with Gasteiger partial charge in [-0.2, -0.15) is 0 Å². The fourth-order valence-corrected chi connectivity index (χ4v) is 11.1. The van der Waals surface area contributed by atoms with Crippen LogP contribution in [0, 0.1) is 22.0 Å². The van der Waals surface area contributed by atoms with Gasteiger partial charge in [-0.15, -0.1) is 11.8 Å². The Labute approximate surface area is 367 Å². The van der Waals surface area contributed by atoms with E-state index in [0.29, 0.717) is 17.6 Å². The number of piperazine rings is 1. The number of nitro benzene ring substituents is 1. The smallest absolute Gasteiger partial charge is 0.293 e. The van der Waals surface area contributed by atoms with Gasteiger partial charge in [0.25, 0.3) is 21.6 Å². The second-order valence-electron chi connectivity index (χ2n) is 16.5. The number of anilines is 2. The summed E-state index contributed by atoms with van der Waals surface area (Å²) in [5, 5.41) is 16.5. The van der Waals surface area contributed by atoms with Crippen LogP contribution in [0.2, 0.25) is 5.02 Å². The van der Waals surface area contributed by atoms with Crippen LogP contribution in [-0.2, 0) is 14.8 Å². The zero-order valence-electron chi connectivity index (χ0n) is 34.2. The Morgan fingerprint density at radius 3 is 2.30 bits per heavy atom. The van der Waals surface area contributed by atoms with Gasteiger partial charge in [0.1, 0.15) is 5.69 Å². The molecule has 3 fully saturated rings. The second kappa shape index (κ2) is 19.7. The number of benzene rings is 4. The highest BCUT2D eigenvalue weighted by Gasteiger charge is 2.37. The molecule has 0 bridgehead atoms. The van der Waals surface area contributed by atoms with Crippen LogP contribution in [0.3, 0.4) is 0 Å². The minimum Gasteiger partial charge on any atom is -0.381 e. The van der Waals surface area contributed by atoms with Gasteiger partial charge < -0.3 is 19.9 Å². The van der Waals surface area contributed by atoms with Gasteiger partial charge in [-0.1, -0.05) is 47.5 Å². The molecule has 1 amide bonds. The fourth-order valence-electron chi connectivity index (χ4n) is 9.03. The molecule has 12 nitrogen and oxygen atoms in total. The van der Waals surface area contributed by atoms with E-state index in [0.717, 1.165) is 107 Å².